The Balaban J connectivity index is 1.64. The zero-order chi connectivity index (χ0) is 15.5. The van der Waals surface area contributed by atoms with Crippen LogP contribution in [0.1, 0.15) is 29.6 Å². The maximum Gasteiger partial charge on any atom is 0.253 e. The summed E-state index contributed by atoms with van der Waals surface area (Å²) in [6, 6.07) is 9.39. The van der Waals surface area contributed by atoms with E-state index in [1.54, 1.807) is 0 Å². The summed E-state index contributed by atoms with van der Waals surface area (Å²) in [5.41, 5.74) is 6.58. The van der Waals surface area contributed by atoms with Crippen molar-refractivity contribution in [2.75, 3.05) is 26.2 Å². The number of amides is 2. The number of benzene rings is 1. The lowest BCUT2D eigenvalue weighted by molar-refractivity contribution is -0.135. The predicted molar refractivity (Wildman–Crippen MR) is 84.2 cm³/mol. The third-order valence-electron chi connectivity index (χ3n) is 4.61. The molecule has 0 saturated carbocycles. The number of likely N-dealkylation sites (tertiary alicyclic amines) is 2. The molecule has 118 valence electrons. The van der Waals surface area contributed by atoms with Crippen molar-refractivity contribution < 1.29 is 9.59 Å². The number of nitrogens with zero attached hydrogens (tertiary/aromatic N) is 2. The monoisotopic (exact) mass is 301 g/mol. The molecule has 2 saturated heterocycles. The van der Waals surface area contributed by atoms with Crippen LogP contribution in [0.3, 0.4) is 0 Å². The van der Waals surface area contributed by atoms with Gasteiger partial charge in [-0.15, -0.1) is 0 Å². The molecule has 22 heavy (non-hydrogen) atoms. The quantitative estimate of drug-likeness (QED) is 0.889. The van der Waals surface area contributed by atoms with E-state index in [2.05, 4.69) is 0 Å². The van der Waals surface area contributed by atoms with Gasteiger partial charge in [-0.1, -0.05) is 18.2 Å². The number of carbonyl (C=O) groups is 2. The van der Waals surface area contributed by atoms with E-state index >= 15 is 0 Å². The van der Waals surface area contributed by atoms with Gasteiger partial charge >= 0.3 is 0 Å². The summed E-state index contributed by atoms with van der Waals surface area (Å²) in [6.07, 6.45) is 2.63. The Labute approximate surface area is 131 Å². The van der Waals surface area contributed by atoms with Crippen molar-refractivity contribution in [2.24, 2.45) is 11.7 Å². The van der Waals surface area contributed by atoms with E-state index in [1.807, 2.05) is 40.1 Å². The van der Waals surface area contributed by atoms with Gasteiger partial charge in [0.05, 0.1) is 5.92 Å². The molecular formula is C17H23N3O2. The van der Waals surface area contributed by atoms with Gasteiger partial charge in [0.15, 0.2) is 0 Å². The molecule has 1 aromatic carbocycles. The topological polar surface area (TPSA) is 66.6 Å². The van der Waals surface area contributed by atoms with Crippen molar-refractivity contribution in [2.45, 2.75) is 25.3 Å². The number of piperidine rings is 1. The van der Waals surface area contributed by atoms with E-state index in [4.69, 9.17) is 5.73 Å². The van der Waals surface area contributed by atoms with E-state index in [0.29, 0.717) is 18.7 Å². The van der Waals surface area contributed by atoms with Crippen LogP contribution in [-0.4, -0.2) is 53.8 Å². The Kier molecular flexibility index (Phi) is 4.43. The molecule has 0 radical (unpaired) electrons. The van der Waals surface area contributed by atoms with Crippen LogP contribution in [0.4, 0.5) is 0 Å². The highest BCUT2D eigenvalue weighted by Gasteiger charge is 2.33. The number of carbonyl (C=O) groups excluding carboxylic acids is 2. The van der Waals surface area contributed by atoms with Crippen LogP contribution in [0.5, 0.6) is 0 Å². The molecule has 2 amide bonds. The molecule has 0 aromatic heterocycles. The largest absolute Gasteiger partial charge is 0.341 e. The Morgan fingerprint density at radius 1 is 1.00 bits per heavy atom. The molecule has 1 unspecified atom stereocenters. The molecular weight excluding hydrogens is 278 g/mol. The normalized spacial score (nSPS) is 25.3. The molecule has 1 aromatic rings. The fraction of sp³-hybridized carbons (Fsp3) is 0.529. The summed E-state index contributed by atoms with van der Waals surface area (Å²) < 4.78 is 0. The fourth-order valence-electron chi connectivity index (χ4n) is 3.37. The van der Waals surface area contributed by atoms with Crippen LogP contribution in [0.15, 0.2) is 30.3 Å². The lowest BCUT2D eigenvalue weighted by Crippen LogP contribution is -2.46. The molecule has 0 spiro atoms. The minimum atomic E-state index is -0.0771. The van der Waals surface area contributed by atoms with Crippen LogP contribution in [0.2, 0.25) is 0 Å². The highest BCUT2D eigenvalue weighted by atomic mass is 16.2. The Morgan fingerprint density at radius 3 is 2.45 bits per heavy atom. The Hall–Kier alpha value is -1.88. The van der Waals surface area contributed by atoms with Gasteiger partial charge in [0.2, 0.25) is 5.91 Å². The molecule has 5 nitrogen and oxygen atoms in total. The van der Waals surface area contributed by atoms with E-state index < -0.39 is 0 Å². The number of rotatable bonds is 2. The first-order chi connectivity index (χ1) is 10.6. The van der Waals surface area contributed by atoms with E-state index in [9.17, 15) is 9.59 Å². The van der Waals surface area contributed by atoms with Crippen LogP contribution in [0.25, 0.3) is 0 Å². The second-order valence-corrected chi connectivity index (χ2v) is 6.29. The van der Waals surface area contributed by atoms with Crippen LogP contribution < -0.4 is 5.73 Å². The van der Waals surface area contributed by atoms with Crippen LogP contribution in [-0.2, 0) is 4.79 Å². The molecule has 2 heterocycles. The summed E-state index contributed by atoms with van der Waals surface area (Å²) in [6.45, 7) is 2.67. The van der Waals surface area contributed by atoms with Gasteiger partial charge < -0.3 is 15.5 Å². The van der Waals surface area contributed by atoms with Gasteiger partial charge in [-0.2, -0.15) is 0 Å². The van der Waals surface area contributed by atoms with E-state index in [1.165, 1.54) is 0 Å². The van der Waals surface area contributed by atoms with Crippen molar-refractivity contribution in [3.8, 4) is 0 Å². The minimum Gasteiger partial charge on any atom is -0.341 e. The number of nitrogens with two attached hydrogens (primary N) is 1. The van der Waals surface area contributed by atoms with E-state index in [-0.39, 0.29) is 23.8 Å². The molecule has 2 aliphatic heterocycles. The lowest BCUT2D eigenvalue weighted by atomic mass is 9.96. The van der Waals surface area contributed by atoms with Crippen molar-refractivity contribution in [1.29, 1.82) is 0 Å². The second-order valence-electron chi connectivity index (χ2n) is 6.29. The summed E-state index contributed by atoms with van der Waals surface area (Å²) in [4.78, 5) is 28.8. The van der Waals surface area contributed by atoms with Crippen molar-refractivity contribution in [3.05, 3.63) is 35.9 Å². The van der Waals surface area contributed by atoms with Crippen molar-refractivity contribution in [3.63, 3.8) is 0 Å². The molecule has 0 aliphatic carbocycles. The Bertz CT molecular complexity index is 546. The molecule has 0 bridgehead atoms. The van der Waals surface area contributed by atoms with Gasteiger partial charge in [0, 0.05) is 37.8 Å². The number of hydrogen-bond acceptors (Lipinski definition) is 3. The first-order valence-corrected chi connectivity index (χ1v) is 8.04. The maximum absolute atomic E-state index is 12.6. The molecule has 2 fully saturated rings. The van der Waals surface area contributed by atoms with Crippen LogP contribution >= 0.6 is 0 Å². The Morgan fingerprint density at radius 2 is 1.77 bits per heavy atom. The predicted octanol–water partition coefficient (Wildman–Crippen LogP) is 1.10. The first kappa shape index (κ1) is 15.0. The third-order valence-corrected chi connectivity index (χ3v) is 4.61. The number of hydrogen-bond donors (Lipinski definition) is 1. The molecule has 2 N–H and O–H groups in total. The zero-order valence-electron chi connectivity index (χ0n) is 12.8. The third kappa shape index (κ3) is 3.14. The average molecular weight is 301 g/mol. The molecule has 3 rings (SSSR count). The van der Waals surface area contributed by atoms with Gasteiger partial charge in [-0.3, -0.25) is 9.59 Å². The summed E-state index contributed by atoms with van der Waals surface area (Å²) in [5.74, 6) is 0.112. The van der Waals surface area contributed by atoms with Crippen molar-refractivity contribution >= 4 is 11.8 Å². The summed E-state index contributed by atoms with van der Waals surface area (Å²) >= 11 is 0. The second kappa shape index (κ2) is 6.48. The van der Waals surface area contributed by atoms with Gasteiger partial charge in [0.25, 0.3) is 5.91 Å². The fourth-order valence-corrected chi connectivity index (χ4v) is 3.37. The SMILES string of the molecule is N[C@@H]1CCN(C(=O)C2CCCN(C(=O)c3ccccc3)C2)C1. The minimum absolute atomic E-state index is 0.0243. The van der Waals surface area contributed by atoms with Gasteiger partial charge in [0.1, 0.15) is 0 Å². The average Bonchev–Trinajstić information content (AvgIpc) is 3.01. The standard InChI is InChI=1S/C17H23N3O2/c18-15-8-10-20(12-15)17(22)14-7-4-9-19(11-14)16(21)13-5-2-1-3-6-13/h1-3,5-6,14-15H,4,7-12,18H2/t14?,15-/m1/s1. The highest BCUT2D eigenvalue weighted by molar-refractivity contribution is 5.94. The maximum atomic E-state index is 12.6. The first-order valence-electron chi connectivity index (χ1n) is 8.04. The van der Waals surface area contributed by atoms with Gasteiger partial charge in [-0.05, 0) is 31.4 Å². The zero-order valence-corrected chi connectivity index (χ0v) is 12.8. The molecule has 2 atom stereocenters. The van der Waals surface area contributed by atoms with Crippen LogP contribution in [0, 0.1) is 5.92 Å². The molecule has 2 aliphatic rings. The van der Waals surface area contributed by atoms with E-state index in [0.717, 1.165) is 32.4 Å². The highest BCUT2D eigenvalue weighted by Crippen LogP contribution is 2.22. The van der Waals surface area contributed by atoms with Crippen molar-refractivity contribution in [1.82, 2.24) is 9.80 Å². The summed E-state index contributed by atoms with van der Waals surface area (Å²) in [5, 5.41) is 0. The molecule has 5 heteroatoms. The summed E-state index contributed by atoms with van der Waals surface area (Å²) in [7, 11) is 0. The van der Waals surface area contributed by atoms with Gasteiger partial charge in [-0.25, -0.2) is 0 Å². The smallest absolute Gasteiger partial charge is 0.253 e. The lowest BCUT2D eigenvalue weighted by Gasteiger charge is -2.34.